The van der Waals surface area contributed by atoms with Crippen molar-refractivity contribution in [1.82, 2.24) is 10.6 Å². The van der Waals surface area contributed by atoms with Crippen molar-refractivity contribution < 1.29 is 32.6 Å². The lowest BCUT2D eigenvalue weighted by atomic mass is 10.1. The number of carbonyl (C=O) groups excluding carboxylic acids is 2. The van der Waals surface area contributed by atoms with Gasteiger partial charge in [0, 0.05) is 11.1 Å². The van der Waals surface area contributed by atoms with Crippen LogP contribution in [-0.4, -0.2) is 36.6 Å². The summed E-state index contributed by atoms with van der Waals surface area (Å²) in [6.45, 7) is 9.93. The summed E-state index contributed by atoms with van der Waals surface area (Å²) in [5.74, 6) is -1.07. The Balaban J connectivity index is 2.18. The molecule has 0 aliphatic rings. The van der Waals surface area contributed by atoms with Crippen LogP contribution in [0.15, 0.2) is 48.5 Å². The second-order valence-electron chi connectivity index (χ2n) is 9.98. The van der Waals surface area contributed by atoms with E-state index in [4.69, 9.17) is 14.2 Å². The molecule has 35 heavy (non-hydrogen) atoms. The Labute approximate surface area is 205 Å². The minimum atomic E-state index is -0.895. The molecule has 2 rings (SSSR count). The highest BCUT2D eigenvalue weighted by Crippen LogP contribution is 2.22. The number of ether oxygens (including phenoxy) is 3. The van der Waals surface area contributed by atoms with Crippen LogP contribution in [0.5, 0.6) is 0 Å². The summed E-state index contributed by atoms with van der Waals surface area (Å²) in [5, 5.41) is 5.23. The number of hydrogen-bond acceptors (Lipinski definition) is 5. The number of hydrogen-bond donors (Lipinski definition) is 2. The number of rotatable bonds is 8. The van der Waals surface area contributed by atoms with Gasteiger partial charge in [0.15, 0.2) is 0 Å². The predicted molar refractivity (Wildman–Crippen MR) is 128 cm³/mol. The zero-order chi connectivity index (χ0) is 26.2. The molecule has 0 aromatic heterocycles. The SMILES string of the molecule is CC(C)(C)OC(=O)N[C@@H](COC[C@@H](NC(=O)OC(C)(C)C)c1ccccc1F)c1ccccc1F. The quantitative estimate of drug-likeness (QED) is 0.486. The zero-order valence-electron chi connectivity index (χ0n) is 21.0. The molecule has 2 N–H and O–H groups in total. The van der Waals surface area contributed by atoms with Gasteiger partial charge in [-0.25, -0.2) is 18.4 Å². The van der Waals surface area contributed by atoms with Crippen molar-refractivity contribution in [2.24, 2.45) is 0 Å². The van der Waals surface area contributed by atoms with Crippen LogP contribution in [0.3, 0.4) is 0 Å². The largest absolute Gasteiger partial charge is 0.444 e. The molecule has 192 valence electrons. The van der Waals surface area contributed by atoms with Crippen LogP contribution in [0, 0.1) is 11.6 Å². The third kappa shape index (κ3) is 9.90. The fourth-order valence-electron chi connectivity index (χ4n) is 3.14. The molecule has 9 heteroatoms. The maximum atomic E-state index is 14.5. The lowest BCUT2D eigenvalue weighted by Gasteiger charge is -2.26. The van der Waals surface area contributed by atoms with Crippen LogP contribution in [0.4, 0.5) is 18.4 Å². The Morgan fingerprint density at radius 1 is 0.714 bits per heavy atom. The van der Waals surface area contributed by atoms with Gasteiger partial charge >= 0.3 is 12.2 Å². The summed E-state index contributed by atoms with van der Waals surface area (Å²) >= 11 is 0. The van der Waals surface area contributed by atoms with Gasteiger partial charge in [0.05, 0.1) is 25.3 Å². The minimum Gasteiger partial charge on any atom is -0.444 e. The first-order valence-electron chi connectivity index (χ1n) is 11.3. The number of halogens is 2. The van der Waals surface area contributed by atoms with E-state index in [1.54, 1.807) is 53.7 Å². The molecule has 2 aromatic rings. The molecule has 0 radical (unpaired) electrons. The highest BCUT2D eigenvalue weighted by atomic mass is 19.1. The van der Waals surface area contributed by atoms with E-state index in [1.165, 1.54) is 36.4 Å². The molecule has 0 saturated carbocycles. The van der Waals surface area contributed by atoms with Gasteiger partial charge in [-0.05, 0) is 53.7 Å². The van der Waals surface area contributed by atoms with Crippen molar-refractivity contribution >= 4 is 12.2 Å². The summed E-state index contributed by atoms with van der Waals surface area (Å²) in [6.07, 6.45) is -1.49. The number of carbonyl (C=O) groups is 2. The molecule has 0 spiro atoms. The topological polar surface area (TPSA) is 85.9 Å². The minimum absolute atomic E-state index is 0.166. The first-order chi connectivity index (χ1) is 16.2. The molecule has 0 heterocycles. The van der Waals surface area contributed by atoms with Crippen molar-refractivity contribution in [1.29, 1.82) is 0 Å². The molecule has 0 saturated heterocycles. The fourth-order valence-corrected chi connectivity index (χ4v) is 3.14. The van der Waals surface area contributed by atoms with Gasteiger partial charge in [-0.3, -0.25) is 0 Å². The lowest BCUT2D eigenvalue weighted by Crippen LogP contribution is -2.39. The van der Waals surface area contributed by atoms with Crippen LogP contribution in [0.2, 0.25) is 0 Å². The molecular weight excluding hydrogens is 458 g/mol. The Kier molecular flexibility index (Phi) is 9.59. The van der Waals surface area contributed by atoms with Gasteiger partial charge < -0.3 is 24.8 Å². The maximum Gasteiger partial charge on any atom is 0.408 e. The van der Waals surface area contributed by atoms with E-state index in [0.29, 0.717) is 0 Å². The van der Waals surface area contributed by atoms with Crippen LogP contribution >= 0.6 is 0 Å². The van der Waals surface area contributed by atoms with Crippen molar-refractivity contribution in [3.8, 4) is 0 Å². The summed E-state index contributed by atoms with van der Waals surface area (Å²) in [5.41, 5.74) is -1.11. The molecule has 0 aliphatic carbocycles. The normalized spacial score (nSPS) is 13.5. The van der Waals surface area contributed by atoms with Gasteiger partial charge in [-0.1, -0.05) is 36.4 Å². The second-order valence-corrected chi connectivity index (χ2v) is 9.98. The summed E-state index contributed by atoms with van der Waals surface area (Å²) in [7, 11) is 0. The van der Waals surface area contributed by atoms with E-state index in [0.717, 1.165) is 0 Å². The monoisotopic (exact) mass is 492 g/mol. The van der Waals surface area contributed by atoms with Crippen LogP contribution < -0.4 is 10.6 Å². The number of alkyl carbamates (subject to hydrolysis) is 2. The molecule has 7 nitrogen and oxygen atoms in total. The van der Waals surface area contributed by atoms with Crippen molar-refractivity contribution in [2.45, 2.75) is 64.8 Å². The van der Waals surface area contributed by atoms with Gasteiger partial charge in [-0.2, -0.15) is 0 Å². The predicted octanol–water partition coefficient (Wildman–Crippen LogP) is 5.81. The van der Waals surface area contributed by atoms with Crippen molar-refractivity contribution in [3.63, 3.8) is 0 Å². The third-order valence-corrected chi connectivity index (χ3v) is 4.51. The van der Waals surface area contributed by atoms with Gasteiger partial charge in [-0.15, -0.1) is 0 Å². The molecule has 0 aliphatic heterocycles. The highest BCUT2D eigenvalue weighted by molar-refractivity contribution is 5.69. The van der Waals surface area contributed by atoms with E-state index in [2.05, 4.69) is 10.6 Å². The van der Waals surface area contributed by atoms with E-state index < -0.39 is 47.1 Å². The van der Waals surface area contributed by atoms with Crippen LogP contribution in [-0.2, 0) is 14.2 Å². The standard InChI is InChI=1S/C26H34F2N2O5/c1-25(2,3)34-23(31)29-21(17-11-7-9-13-19(17)27)15-33-16-22(18-12-8-10-14-20(18)28)30-24(32)35-26(4,5)6/h7-14,21-22H,15-16H2,1-6H3,(H,29,31)(H,30,32)/t21-,22+. The Bertz CT molecular complexity index is 922. The number of nitrogens with one attached hydrogen (secondary N) is 2. The molecule has 2 amide bonds. The highest BCUT2D eigenvalue weighted by Gasteiger charge is 2.25. The first kappa shape index (κ1) is 28.0. The number of amides is 2. The fraction of sp³-hybridized carbons (Fsp3) is 0.462. The van der Waals surface area contributed by atoms with Gasteiger partial charge in [0.25, 0.3) is 0 Å². The Morgan fingerprint density at radius 3 is 1.37 bits per heavy atom. The molecule has 2 atom stereocenters. The van der Waals surface area contributed by atoms with Crippen molar-refractivity contribution in [2.75, 3.05) is 13.2 Å². The summed E-state index contributed by atoms with van der Waals surface area (Å²) in [6, 6.07) is 10.1. The van der Waals surface area contributed by atoms with Crippen molar-refractivity contribution in [3.05, 3.63) is 71.3 Å². The lowest BCUT2D eigenvalue weighted by molar-refractivity contribution is 0.0370. The smallest absolute Gasteiger partial charge is 0.408 e. The van der Waals surface area contributed by atoms with E-state index >= 15 is 0 Å². The van der Waals surface area contributed by atoms with E-state index in [1.807, 2.05) is 0 Å². The van der Waals surface area contributed by atoms with E-state index in [9.17, 15) is 18.4 Å². The summed E-state index contributed by atoms with van der Waals surface area (Å²) in [4.78, 5) is 24.7. The second kappa shape index (κ2) is 12.0. The molecule has 2 aromatic carbocycles. The molecule has 0 bridgehead atoms. The van der Waals surface area contributed by atoms with Gasteiger partial charge in [0.1, 0.15) is 22.8 Å². The number of benzene rings is 2. The van der Waals surface area contributed by atoms with Gasteiger partial charge in [0.2, 0.25) is 0 Å². The first-order valence-corrected chi connectivity index (χ1v) is 11.3. The average molecular weight is 493 g/mol. The summed E-state index contributed by atoms with van der Waals surface area (Å²) < 4.78 is 45.3. The zero-order valence-corrected chi connectivity index (χ0v) is 21.0. The third-order valence-electron chi connectivity index (χ3n) is 4.51. The van der Waals surface area contributed by atoms with Crippen LogP contribution in [0.25, 0.3) is 0 Å². The Hall–Kier alpha value is -3.20. The maximum absolute atomic E-state index is 14.5. The van der Waals surface area contributed by atoms with E-state index in [-0.39, 0.29) is 24.3 Å². The Morgan fingerprint density at radius 2 is 1.06 bits per heavy atom. The molecular formula is C26H34F2N2O5. The average Bonchev–Trinajstić information content (AvgIpc) is 2.70. The molecule has 0 unspecified atom stereocenters. The van der Waals surface area contributed by atoms with Crippen LogP contribution in [0.1, 0.15) is 64.8 Å². The molecule has 0 fully saturated rings.